The van der Waals surface area contributed by atoms with Crippen LogP contribution in [0.2, 0.25) is 0 Å². The SMILES string of the molecule is C[C@H](NC[C@H]1C(=O)O[C@@H]2CC3=CCC[C@H](C)[C@@]3(C)[C@@H](O)[C@@H]21)c1ccccc1. The summed E-state index contributed by atoms with van der Waals surface area (Å²) in [6.45, 7) is 7.06. The molecule has 4 nitrogen and oxygen atoms in total. The van der Waals surface area contributed by atoms with Crippen molar-refractivity contribution in [2.75, 3.05) is 6.54 Å². The fraction of sp³-hybridized carbons (Fsp3) is 0.609. The standard InChI is InChI=1S/C23H31NO3/c1-14-8-7-11-17-12-19-20(21(25)23(14,17)3)18(22(26)27-19)13-24-15(2)16-9-5-4-6-10-16/h4-6,9-11,14-15,18-21,24-25H,7-8,12-13H2,1-3H3/t14-,15-,18+,19+,20+,21-,23+/m0/s1. The number of carbonyl (C=O) groups excluding carboxylic acids is 1. The molecule has 2 aliphatic carbocycles. The fourth-order valence-corrected chi connectivity index (χ4v) is 5.46. The highest BCUT2D eigenvalue weighted by Crippen LogP contribution is 2.55. The number of benzene rings is 1. The summed E-state index contributed by atoms with van der Waals surface area (Å²) in [5.41, 5.74) is 2.24. The predicted molar refractivity (Wildman–Crippen MR) is 105 cm³/mol. The molecule has 0 amide bonds. The van der Waals surface area contributed by atoms with Crippen LogP contribution in [0.25, 0.3) is 0 Å². The van der Waals surface area contributed by atoms with E-state index in [9.17, 15) is 9.90 Å². The van der Waals surface area contributed by atoms with Gasteiger partial charge < -0.3 is 15.2 Å². The summed E-state index contributed by atoms with van der Waals surface area (Å²) < 4.78 is 5.74. The second-order valence-corrected chi connectivity index (χ2v) is 8.84. The van der Waals surface area contributed by atoms with Gasteiger partial charge in [0.25, 0.3) is 0 Å². The molecule has 0 bridgehead atoms. The molecule has 1 aliphatic heterocycles. The molecular weight excluding hydrogens is 338 g/mol. The molecule has 7 atom stereocenters. The Labute approximate surface area is 162 Å². The predicted octanol–water partition coefficient (Wildman–Crippen LogP) is 3.62. The zero-order chi connectivity index (χ0) is 19.2. The van der Waals surface area contributed by atoms with E-state index in [0.717, 1.165) is 19.3 Å². The molecule has 0 spiro atoms. The average molecular weight is 370 g/mol. The first-order chi connectivity index (χ1) is 12.9. The number of aliphatic hydroxyl groups is 1. The van der Waals surface area contributed by atoms with Crippen molar-refractivity contribution in [1.82, 2.24) is 5.32 Å². The minimum atomic E-state index is -0.539. The van der Waals surface area contributed by atoms with Crippen LogP contribution in [0.5, 0.6) is 0 Å². The van der Waals surface area contributed by atoms with Gasteiger partial charge in [-0.3, -0.25) is 4.79 Å². The van der Waals surface area contributed by atoms with Crippen molar-refractivity contribution >= 4 is 5.97 Å². The Morgan fingerprint density at radius 3 is 2.81 bits per heavy atom. The highest BCUT2D eigenvalue weighted by Gasteiger charge is 2.59. The Bertz CT molecular complexity index is 730. The number of carbonyl (C=O) groups is 1. The zero-order valence-electron chi connectivity index (χ0n) is 16.5. The molecule has 0 radical (unpaired) electrons. The molecule has 2 N–H and O–H groups in total. The molecule has 1 saturated carbocycles. The van der Waals surface area contributed by atoms with Crippen LogP contribution < -0.4 is 5.32 Å². The zero-order valence-corrected chi connectivity index (χ0v) is 16.5. The maximum atomic E-state index is 12.6. The summed E-state index contributed by atoms with van der Waals surface area (Å²) >= 11 is 0. The van der Waals surface area contributed by atoms with Crippen LogP contribution in [0.3, 0.4) is 0 Å². The van der Waals surface area contributed by atoms with Crippen LogP contribution in [0.4, 0.5) is 0 Å². The van der Waals surface area contributed by atoms with E-state index in [1.165, 1.54) is 11.1 Å². The van der Waals surface area contributed by atoms with Crippen LogP contribution in [0.1, 0.15) is 51.6 Å². The first-order valence-electron chi connectivity index (χ1n) is 10.3. The lowest BCUT2D eigenvalue weighted by Crippen LogP contribution is -2.54. The van der Waals surface area contributed by atoms with Crippen molar-refractivity contribution < 1.29 is 14.6 Å². The van der Waals surface area contributed by atoms with Gasteiger partial charge >= 0.3 is 5.97 Å². The van der Waals surface area contributed by atoms with Crippen molar-refractivity contribution in [3.8, 4) is 0 Å². The second-order valence-electron chi connectivity index (χ2n) is 8.84. The van der Waals surface area contributed by atoms with Crippen molar-refractivity contribution in [2.45, 2.75) is 58.3 Å². The number of hydrogen-bond donors (Lipinski definition) is 2. The lowest BCUT2D eigenvalue weighted by atomic mass is 9.55. The van der Waals surface area contributed by atoms with E-state index in [-0.39, 0.29) is 35.4 Å². The smallest absolute Gasteiger partial charge is 0.311 e. The molecule has 1 aromatic rings. The Morgan fingerprint density at radius 1 is 1.33 bits per heavy atom. The van der Waals surface area contributed by atoms with Gasteiger partial charge in [-0.1, -0.05) is 55.8 Å². The minimum absolute atomic E-state index is 0.129. The fourth-order valence-electron chi connectivity index (χ4n) is 5.46. The van der Waals surface area contributed by atoms with Crippen LogP contribution in [0.15, 0.2) is 42.0 Å². The van der Waals surface area contributed by atoms with E-state index in [4.69, 9.17) is 4.74 Å². The van der Waals surface area contributed by atoms with E-state index in [1.54, 1.807) is 0 Å². The normalized spacial score (nSPS) is 39.2. The monoisotopic (exact) mass is 369 g/mol. The first kappa shape index (κ1) is 18.7. The third-order valence-electron chi connectivity index (χ3n) is 7.51. The molecule has 2 fully saturated rings. The number of hydrogen-bond acceptors (Lipinski definition) is 4. The molecular formula is C23H31NO3. The van der Waals surface area contributed by atoms with E-state index in [0.29, 0.717) is 12.5 Å². The molecule has 1 aromatic carbocycles. The van der Waals surface area contributed by atoms with Gasteiger partial charge in [0.15, 0.2) is 0 Å². The molecule has 0 unspecified atom stereocenters. The quantitative estimate of drug-likeness (QED) is 0.629. The van der Waals surface area contributed by atoms with E-state index < -0.39 is 6.10 Å². The lowest BCUT2D eigenvalue weighted by Gasteiger charge is -2.51. The van der Waals surface area contributed by atoms with Gasteiger partial charge in [-0.05, 0) is 31.2 Å². The van der Waals surface area contributed by atoms with E-state index in [1.807, 2.05) is 18.2 Å². The molecule has 27 heavy (non-hydrogen) atoms. The number of aliphatic hydroxyl groups excluding tert-OH is 1. The number of fused-ring (bicyclic) bond motifs is 2. The molecule has 0 aromatic heterocycles. The third-order valence-corrected chi connectivity index (χ3v) is 7.51. The van der Waals surface area contributed by atoms with Gasteiger partial charge in [-0.25, -0.2) is 0 Å². The van der Waals surface area contributed by atoms with Crippen molar-refractivity contribution in [3.63, 3.8) is 0 Å². The summed E-state index contributed by atoms with van der Waals surface area (Å²) in [5.74, 6) is -0.160. The molecule has 146 valence electrons. The van der Waals surface area contributed by atoms with Crippen molar-refractivity contribution in [1.29, 1.82) is 0 Å². The van der Waals surface area contributed by atoms with Gasteiger partial charge in [0, 0.05) is 30.3 Å². The Hall–Kier alpha value is -1.65. The molecule has 3 aliphatic rings. The summed E-state index contributed by atoms with van der Waals surface area (Å²) in [4.78, 5) is 12.6. The lowest BCUT2D eigenvalue weighted by molar-refractivity contribution is -0.144. The van der Waals surface area contributed by atoms with Gasteiger partial charge in [-0.2, -0.15) is 0 Å². The number of ether oxygens (including phenoxy) is 1. The minimum Gasteiger partial charge on any atom is -0.461 e. The van der Waals surface area contributed by atoms with Gasteiger partial charge in [0.2, 0.25) is 0 Å². The van der Waals surface area contributed by atoms with Crippen molar-refractivity contribution in [2.24, 2.45) is 23.2 Å². The largest absolute Gasteiger partial charge is 0.461 e. The van der Waals surface area contributed by atoms with Crippen LogP contribution >= 0.6 is 0 Å². The first-order valence-corrected chi connectivity index (χ1v) is 10.3. The average Bonchev–Trinajstić information content (AvgIpc) is 2.98. The van der Waals surface area contributed by atoms with E-state index >= 15 is 0 Å². The topological polar surface area (TPSA) is 58.6 Å². The summed E-state index contributed by atoms with van der Waals surface area (Å²) in [6.07, 6.45) is 4.48. The summed E-state index contributed by atoms with van der Waals surface area (Å²) in [6, 6.07) is 10.4. The number of esters is 1. The Balaban J connectivity index is 1.52. The van der Waals surface area contributed by atoms with Gasteiger partial charge in [-0.15, -0.1) is 0 Å². The molecule has 1 heterocycles. The van der Waals surface area contributed by atoms with Gasteiger partial charge in [0.05, 0.1) is 12.0 Å². The molecule has 4 heteroatoms. The number of rotatable bonds is 4. The number of nitrogens with one attached hydrogen (secondary N) is 1. The molecule has 4 rings (SSSR count). The van der Waals surface area contributed by atoms with Crippen LogP contribution in [-0.2, 0) is 9.53 Å². The summed E-state index contributed by atoms with van der Waals surface area (Å²) in [7, 11) is 0. The number of allylic oxidation sites excluding steroid dienone is 1. The highest BCUT2D eigenvalue weighted by atomic mass is 16.6. The van der Waals surface area contributed by atoms with Crippen molar-refractivity contribution in [3.05, 3.63) is 47.5 Å². The summed E-state index contributed by atoms with van der Waals surface area (Å²) in [5, 5.41) is 14.9. The third kappa shape index (κ3) is 3.03. The van der Waals surface area contributed by atoms with Crippen LogP contribution in [0, 0.1) is 23.2 Å². The van der Waals surface area contributed by atoms with Crippen LogP contribution in [-0.4, -0.2) is 29.8 Å². The maximum absolute atomic E-state index is 12.6. The Morgan fingerprint density at radius 2 is 2.07 bits per heavy atom. The maximum Gasteiger partial charge on any atom is 0.311 e. The Kier molecular flexibility index (Phi) is 4.89. The van der Waals surface area contributed by atoms with Gasteiger partial charge in [0.1, 0.15) is 6.10 Å². The highest BCUT2D eigenvalue weighted by molar-refractivity contribution is 5.76. The second kappa shape index (κ2) is 7.06. The molecule has 1 saturated heterocycles. The van der Waals surface area contributed by atoms with E-state index in [2.05, 4.69) is 44.3 Å².